The van der Waals surface area contributed by atoms with Crippen molar-refractivity contribution in [3.8, 4) is 0 Å². The molecule has 1 aromatic rings. The summed E-state index contributed by atoms with van der Waals surface area (Å²) in [6.45, 7) is 10.8. The predicted octanol–water partition coefficient (Wildman–Crippen LogP) is 3.77. The second kappa shape index (κ2) is 7.57. The summed E-state index contributed by atoms with van der Waals surface area (Å²) in [6.07, 6.45) is 8.08. The molecule has 2 heterocycles. The van der Waals surface area contributed by atoms with Crippen molar-refractivity contribution < 1.29 is 4.74 Å². The summed E-state index contributed by atoms with van der Waals surface area (Å²) in [5, 5.41) is 3.50. The predicted molar refractivity (Wildman–Crippen MR) is 113 cm³/mol. The van der Waals surface area contributed by atoms with Crippen LogP contribution in [0.4, 0.5) is 5.69 Å². The normalized spacial score (nSPS) is 25.8. The number of nitrogens with one attached hydrogen (secondary N) is 1. The number of hydrogen-bond donors (Lipinski definition) is 2. The van der Waals surface area contributed by atoms with Crippen LogP contribution in [0, 0.1) is 5.41 Å². The number of benzene rings is 1. The summed E-state index contributed by atoms with van der Waals surface area (Å²) in [6, 6.07) is 6.83. The van der Waals surface area contributed by atoms with Gasteiger partial charge in [-0.05, 0) is 60.8 Å². The van der Waals surface area contributed by atoms with Gasteiger partial charge in [-0.1, -0.05) is 26.0 Å². The number of rotatable bonds is 3. The van der Waals surface area contributed by atoms with E-state index in [1.807, 2.05) is 0 Å². The fourth-order valence-electron chi connectivity index (χ4n) is 5.03. The molecule has 2 aliphatic heterocycles. The van der Waals surface area contributed by atoms with Gasteiger partial charge in [-0.3, -0.25) is 4.90 Å². The molecule has 2 fully saturated rings. The van der Waals surface area contributed by atoms with E-state index in [-0.39, 0.29) is 5.54 Å². The van der Waals surface area contributed by atoms with Gasteiger partial charge < -0.3 is 15.8 Å². The van der Waals surface area contributed by atoms with E-state index in [9.17, 15) is 0 Å². The Balaban J connectivity index is 1.70. The highest BCUT2D eigenvalue weighted by molar-refractivity contribution is 5.76. The van der Waals surface area contributed by atoms with Crippen LogP contribution in [-0.4, -0.2) is 44.3 Å². The number of anilines is 1. The second-order valence-corrected chi connectivity index (χ2v) is 9.28. The fourth-order valence-corrected chi connectivity index (χ4v) is 5.03. The van der Waals surface area contributed by atoms with Crippen molar-refractivity contribution in [3.05, 3.63) is 35.4 Å². The van der Waals surface area contributed by atoms with Gasteiger partial charge >= 0.3 is 0 Å². The summed E-state index contributed by atoms with van der Waals surface area (Å²) in [4.78, 5) is 2.69. The van der Waals surface area contributed by atoms with Gasteiger partial charge in [0.25, 0.3) is 0 Å². The Bertz CT molecular complexity index is 698. The number of nitrogens with two attached hydrogens (primary N) is 1. The molecular weight excluding hydrogens is 334 g/mol. The van der Waals surface area contributed by atoms with Gasteiger partial charge in [0.05, 0.1) is 5.54 Å². The molecule has 0 bridgehead atoms. The zero-order valence-corrected chi connectivity index (χ0v) is 17.0. The van der Waals surface area contributed by atoms with Gasteiger partial charge in [0.1, 0.15) is 0 Å². The Morgan fingerprint density at radius 1 is 1.07 bits per heavy atom. The van der Waals surface area contributed by atoms with E-state index in [1.54, 1.807) is 0 Å². The topological polar surface area (TPSA) is 50.5 Å². The van der Waals surface area contributed by atoms with Crippen molar-refractivity contribution in [3.63, 3.8) is 0 Å². The quantitative estimate of drug-likeness (QED) is 0.796. The molecule has 2 saturated heterocycles. The number of hydrogen-bond acceptors (Lipinski definition) is 4. The molecule has 4 heteroatoms. The lowest BCUT2D eigenvalue weighted by Gasteiger charge is -2.48. The maximum Gasteiger partial charge on any atom is 0.0505 e. The molecule has 3 N–H and O–H groups in total. The first kappa shape index (κ1) is 19.0. The third-order valence-electron chi connectivity index (χ3n) is 6.95. The van der Waals surface area contributed by atoms with Crippen molar-refractivity contribution in [1.29, 1.82) is 0 Å². The standard InChI is InChI=1S/C23H35N3O/c1-22(2)7-5-18(6-8-22)20-17-19(3-4-21(20)24)23(9-15-27-16-10-23)26-13-11-25-12-14-26/h3-5,17,25H,6-16,24H2,1-2H3. The van der Waals surface area contributed by atoms with Crippen LogP contribution in [0.2, 0.25) is 0 Å². The molecule has 4 rings (SSSR count). The molecule has 1 aromatic carbocycles. The largest absolute Gasteiger partial charge is 0.398 e. The van der Waals surface area contributed by atoms with Crippen LogP contribution >= 0.6 is 0 Å². The van der Waals surface area contributed by atoms with Crippen LogP contribution in [0.5, 0.6) is 0 Å². The van der Waals surface area contributed by atoms with Gasteiger partial charge in [0.2, 0.25) is 0 Å². The fraction of sp³-hybridized carbons (Fsp3) is 0.652. The molecule has 4 nitrogen and oxygen atoms in total. The maximum absolute atomic E-state index is 6.45. The minimum atomic E-state index is 0.0945. The van der Waals surface area contributed by atoms with Crippen LogP contribution in [0.15, 0.2) is 24.3 Å². The lowest BCUT2D eigenvalue weighted by Crippen LogP contribution is -2.56. The summed E-state index contributed by atoms with van der Waals surface area (Å²) < 4.78 is 5.75. The molecule has 0 radical (unpaired) electrons. The first-order valence-corrected chi connectivity index (χ1v) is 10.6. The number of nitrogen functional groups attached to an aromatic ring is 1. The van der Waals surface area contributed by atoms with Crippen LogP contribution in [-0.2, 0) is 10.3 Å². The average molecular weight is 370 g/mol. The number of allylic oxidation sites excluding steroid dienone is 2. The molecule has 0 saturated carbocycles. The third kappa shape index (κ3) is 3.80. The van der Waals surface area contributed by atoms with Crippen LogP contribution in [0.1, 0.15) is 57.1 Å². The van der Waals surface area contributed by atoms with E-state index < -0.39 is 0 Å². The third-order valence-corrected chi connectivity index (χ3v) is 6.95. The van der Waals surface area contributed by atoms with Crippen LogP contribution in [0.25, 0.3) is 5.57 Å². The molecule has 3 aliphatic rings. The summed E-state index contributed by atoms with van der Waals surface area (Å²) in [7, 11) is 0. The summed E-state index contributed by atoms with van der Waals surface area (Å²) in [5.74, 6) is 0. The van der Waals surface area contributed by atoms with Crippen molar-refractivity contribution in [2.24, 2.45) is 5.41 Å². The van der Waals surface area contributed by atoms with E-state index in [2.05, 4.69) is 48.3 Å². The molecular formula is C23H35N3O. The summed E-state index contributed by atoms with van der Waals surface area (Å²) in [5.41, 5.74) is 12.0. The lowest BCUT2D eigenvalue weighted by atomic mass is 9.75. The van der Waals surface area contributed by atoms with Gasteiger partial charge in [-0.25, -0.2) is 0 Å². The highest BCUT2D eigenvalue weighted by atomic mass is 16.5. The van der Waals surface area contributed by atoms with Gasteiger partial charge in [0.15, 0.2) is 0 Å². The van der Waals surface area contributed by atoms with Crippen molar-refractivity contribution >= 4 is 11.3 Å². The number of nitrogens with zero attached hydrogens (tertiary/aromatic N) is 1. The molecule has 0 aromatic heterocycles. The van der Waals surface area contributed by atoms with E-state index in [1.165, 1.54) is 23.1 Å². The van der Waals surface area contributed by atoms with Crippen molar-refractivity contribution in [2.75, 3.05) is 45.1 Å². The number of piperazine rings is 1. The van der Waals surface area contributed by atoms with Gasteiger partial charge in [0, 0.05) is 50.6 Å². The van der Waals surface area contributed by atoms with Crippen LogP contribution < -0.4 is 11.1 Å². The minimum Gasteiger partial charge on any atom is -0.398 e. The maximum atomic E-state index is 6.45. The molecule has 27 heavy (non-hydrogen) atoms. The molecule has 1 aliphatic carbocycles. The minimum absolute atomic E-state index is 0.0945. The highest BCUT2D eigenvalue weighted by Gasteiger charge is 2.40. The zero-order chi connectivity index (χ0) is 18.9. The molecule has 0 unspecified atom stereocenters. The Hall–Kier alpha value is -1.36. The van der Waals surface area contributed by atoms with E-state index in [4.69, 9.17) is 10.5 Å². The number of ether oxygens (including phenoxy) is 1. The molecule has 148 valence electrons. The Morgan fingerprint density at radius 3 is 2.48 bits per heavy atom. The van der Waals surface area contributed by atoms with E-state index in [0.29, 0.717) is 5.41 Å². The molecule has 0 spiro atoms. The molecule has 0 amide bonds. The first-order chi connectivity index (χ1) is 13.0. The Labute approximate surface area is 164 Å². The van der Waals surface area contributed by atoms with Crippen LogP contribution in [0.3, 0.4) is 0 Å². The lowest BCUT2D eigenvalue weighted by molar-refractivity contribution is -0.0373. The average Bonchev–Trinajstić information content (AvgIpc) is 2.70. The van der Waals surface area contributed by atoms with Crippen molar-refractivity contribution in [1.82, 2.24) is 10.2 Å². The highest BCUT2D eigenvalue weighted by Crippen LogP contribution is 2.43. The second-order valence-electron chi connectivity index (χ2n) is 9.28. The van der Waals surface area contributed by atoms with Gasteiger partial charge in [-0.2, -0.15) is 0 Å². The molecule has 0 atom stereocenters. The Kier molecular flexibility index (Phi) is 5.32. The summed E-state index contributed by atoms with van der Waals surface area (Å²) >= 11 is 0. The zero-order valence-electron chi connectivity index (χ0n) is 17.0. The SMILES string of the molecule is CC1(C)CC=C(c2cc(C3(N4CCNCC4)CCOCC3)ccc2N)CC1. The van der Waals surface area contributed by atoms with Gasteiger partial charge in [-0.15, -0.1) is 0 Å². The Morgan fingerprint density at radius 2 is 1.81 bits per heavy atom. The van der Waals surface area contributed by atoms with E-state index >= 15 is 0 Å². The van der Waals surface area contributed by atoms with E-state index in [0.717, 1.165) is 70.8 Å². The smallest absolute Gasteiger partial charge is 0.0505 e. The van der Waals surface area contributed by atoms with Crippen molar-refractivity contribution in [2.45, 2.75) is 51.5 Å². The first-order valence-electron chi connectivity index (χ1n) is 10.6. The monoisotopic (exact) mass is 369 g/mol.